The number of hydrogen-bond acceptors (Lipinski definition) is 3. The fourth-order valence-corrected chi connectivity index (χ4v) is 2.66. The monoisotopic (exact) mass is 325 g/mol. The summed E-state index contributed by atoms with van der Waals surface area (Å²) in [5.41, 5.74) is 0.660. The van der Waals surface area contributed by atoms with Crippen LogP contribution in [0, 0.1) is 5.92 Å². The van der Waals surface area contributed by atoms with Crippen LogP contribution < -0.4 is 10.1 Å². The smallest absolute Gasteiger partial charge is 0.407 e. The average Bonchev–Trinajstić information content (AvgIpc) is 3.16. The number of carbonyl (C=O) groups is 1. The van der Waals surface area contributed by atoms with E-state index in [1.165, 1.54) is 0 Å². The maximum Gasteiger partial charge on any atom is 0.407 e. The first-order chi connectivity index (χ1) is 10.3. The summed E-state index contributed by atoms with van der Waals surface area (Å²) in [6, 6.07) is 5.72. The second kappa shape index (κ2) is 6.78. The zero-order valence-electron chi connectivity index (χ0n) is 13.6. The van der Waals surface area contributed by atoms with Gasteiger partial charge in [-0.05, 0) is 69.7 Å². The van der Waals surface area contributed by atoms with E-state index in [1.54, 1.807) is 0 Å². The highest BCUT2D eigenvalue weighted by atomic mass is 35.5. The van der Waals surface area contributed by atoms with Crippen molar-refractivity contribution in [3.05, 3.63) is 28.8 Å². The molecule has 0 aliphatic heterocycles. The SMILES string of the molecule is CCOc1ccc(Cl)cc1C1CC1CNC(=O)OC(C)(C)C. The van der Waals surface area contributed by atoms with Crippen molar-refractivity contribution in [1.29, 1.82) is 0 Å². The number of rotatable bonds is 5. The Kier molecular flexibility index (Phi) is 5.22. The van der Waals surface area contributed by atoms with Gasteiger partial charge >= 0.3 is 6.09 Å². The van der Waals surface area contributed by atoms with Crippen molar-refractivity contribution < 1.29 is 14.3 Å². The molecule has 1 aromatic rings. The number of alkyl carbamates (subject to hydrolysis) is 1. The third-order valence-corrected chi connectivity index (χ3v) is 3.74. The number of ether oxygens (including phenoxy) is 2. The Morgan fingerprint density at radius 3 is 2.77 bits per heavy atom. The van der Waals surface area contributed by atoms with E-state index in [1.807, 2.05) is 45.9 Å². The highest BCUT2D eigenvalue weighted by Crippen LogP contribution is 2.50. The summed E-state index contributed by atoms with van der Waals surface area (Å²) in [5.74, 6) is 1.68. The molecule has 0 spiro atoms. The van der Waals surface area contributed by atoms with Gasteiger partial charge in [-0.1, -0.05) is 11.6 Å². The van der Waals surface area contributed by atoms with Crippen LogP contribution in [0.4, 0.5) is 4.79 Å². The number of benzene rings is 1. The summed E-state index contributed by atoms with van der Waals surface area (Å²) in [6.45, 7) is 8.76. The molecule has 1 amide bonds. The average molecular weight is 326 g/mol. The van der Waals surface area contributed by atoms with Crippen LogP contribution in [-0.2, 0) is 4.74 Å². The lowest BCUT2D eigenvalue weighted by atomic mass is 10.1. The molecule has 2 unspecified atom stereocenters. The molecule has 1 aromatic carbocycles. The van der Waals surface area contributed by atoms with Crippen LogP contribution in [0.1, 0.15) is 45.6 Å². The third-order valence-electron chi connectivity index (χ3n) is 3.50. The minimum Gasteiger partial charge on any atom is -0.494 e. The first kappa shape index (κ1) is 16.9. The van der Waals surface area contributed by atoms with E-state index in [-0.39, 0.29) is 6.09 Å². The van der Waals surface area contributed by atoms with Crippen LogP contribution in [0.25, 0.3) is 0 Å². The summed E-state index contributed by atoms with van der Waals surface area (Å²) >= 11 is 6.09. The first-order valence-electron chi connectivity index (χ1n) is 7.69. The van der Waals surface area contributed by atoms with Crippen molar-refractivity contribution in [1.82, 2.24) is 5.32 Å². The highest BCUT2D eigenvalue weighted by molar-refractivity contribution is 6.30. The summed E-state index contributed by atoms with van der Waals surface area (Å²) in [6.07, 6.45) is 0.658. The minimum atomic E-state index is -0.470. The third kappa shape index (κ3) is 4.80. The Hall–Kier alpha value is -1.42. The van der Waals surface area contributed by atoms with Crippen molar-refractivity contribution in [3.8, 4) is 5.75 Å². The topological polar surface area (TPSA) is 47.6 Å². The van der Waals surface area contributed by atoms with E-state index in [2.05, 4.69) is 5.32 Å². The Labute approximate surface area is 137 Å². The molecule has 2 atom stereocenters. The van der Waals surface area contributed by atoms with Crippen LogP contribution in [0.3, 0.4) is 0 Å². The molecule has 1 N–H and O–H groups in total. The van der Waals surface area contributed by atoms with E-state index in [0.717, 1.165) is 17.7 Å². The van der Waals surface area contributed by atoms with E-state index in [0.29, 0.717) is 30.0 Å². The molecule has 0 aromatic heterocycles. The van der Waals surface area contributed by atoms with Gasteiger partial charge in [-0.3, -0.25) is 0 Å². The lowest BCUT2D eigenvalue weighted by Gasteiger charge is -2.19. The van der Waals surface area contributed by atoms with Crippen LogP contribution in [0.2, 0.25) is 5.02 Å². The molecule has 5 heteroatoms. The number of amides is 1. The Morgan fingerprint density at radius 1 is 1.41 bits per heavy atom. The van der Waals surface area contributed by atoms with Crippen LogP contribution in [-0.4, -0.2) is 24.8 Å². The number of nitrogens with one attached hydrogen (secondary N) is 1. The molecule has 1 fully saturated rings. The number of carbonyl (C=O) groups excluding carboxylic acids is 1. The summed E-state index contributed by atoms with van der Waals surface area (Å²) in [4.78, 5) is 11.7. The molecule has 0 radical (unpaired) electrons. The van der Waals surface area contributed by atoms with Crippen molar-refractivity contribution in [2.75, 3.05) is 13.2 Å². The summed E-state index contributed by atoms with van der Waals surface area (Å²) in [5, 5.41) is 3.54. The summed E-state index contributed by atoms with van der Waals surface area (Å²) in [7, 11) is 0. The molecule has 0 heterocycles. The molecule has 22 heavy (non-hydrogen) atoms. The number of halogens is 1. The van der Waals surface area contributed by atoms with Gasteiger partial charge in [-0.25, -0.2) is 4.79 Å². The maximum absolute atomic E-state index is 11.7. The van der Waals surface area contributed by atoms with E-state index < -0.39 is 5.60 Å². The van der Waals surface area contributed by atoms with Crippen molar-refractivity contribution >= 4 is 17.7 Å². The molecule has 2 rings (SSSR count). The van der Waals surface area contributed by atoms with Crippen molar-refractivity contribution in [2.45, 2.75) is 45.6 Å². The van der Waals surface area contributed by atoms with E-state index in [4.69, 9.17) is 21.1 Å². The first-order valence-corrected chi connectivity index (χ1v) is 8.07. The molecule has 122 valence electrons. The Morgan fingerprint density at radius 2 is 2.14 bits per heavy atom. The lowest BCUT2D eigenvalue weighted by molar-refractivity contribution is 0.0525. The van der Waals surface area contributed by atoms with Gasteiger partial charge in [0.25, 0.3) is 0 Å². The maximum atomic E-state index is 11.7. The Balaban J connectivity index is 1.90. The second-order valence-corrected chi connectivity index (χ2v) is 7.04. The van der Waals surface area contributed by atoms with Gasteiger partial charge in [-0.15, -0.1) is 0 Å². The van der Waals surface area contributed by atoms with Crippen molar-refractivity contribution in [3.63, 3.8) is 0 Å². The molecule has 0 saturated heterocycles. The minimum absolute atomic E-state index is 0.366. The predicted octanol–water partition coefficient (Wildman–Crippen LogP) is 4.37. The molecule has 1 aliphatic rings. The predicted molar refractivity (Wildman–Crippen MR) is 87.7 cm³/mol. The van der Waals surface area contributed by atoms with Gasteiger partial charge in [0.2, 0.25) is 0 Å². The largest absolute Gasteiger partial charge is 0.494 e. The van der Waals surface area contributed by atoms with Gasteiger partial charge in [0, 0.05) is 11.6 Å². The van der Waals surface area contributed by atoms with E-state index in [9.17, 15) is 4.79 Å². The summed E-state index contributed by atoms with van der Waals surface area (Å²) < 4.78 is 10.9. The van der Waals surface area contributed by atoms with Gasteiger partial charge in [0.1, 0.15) is 11.4 Å². The Bertz CT molecular complexity index is 539. The zero-order valence-corrected chi connectivity index (χ0v) is 14.4. The van der Waals surface area contributed by atoms with Gasteiger partial charge in [0.05, 0.1) is 6.61 Å². The van der Waals surface area contributed by atoms with Gasteiger partial charge in [0.15, 0.2) is 0 Å². The van der Waals surface area contributed by atoms with Crippen LogP contribution in [0.15, 0.2) is 18.2 Å². The fourth-order valence-electron chi connectivity index (χ4n) is 2.48. The fraction of sp³-hybridized carbons (Fsp3) is 0.588. The molecular formula is C17H24ClNO3. The van der Waals surface area contributed by atoms with Gasteiger partial charge < -0.3 is 14.8 Å². The highest BCUT2D eigenvalue weighted by Gasteiger charge is 2.40. The normalized spacial score (nSPS) is 20.4. The molecule has 1 saturated carbocycles. The number of hydrogen-bond donors (Lipinski definition) is 1. The van der Waals surface area contributed by atoms with Crippen LogP contribution >= 0.6 is 11.6 Å². The zero-order chi connectivity index (χ0) is 16.3. The molecular weight excluding hydrogens is 302 g/mol. The molecule has 4 nitrogen and oxygen atoms in total. The standard InChI is InChI=1S/C17H24ClNO3/c1-5-21-15-7-6-12(18)9-14(15)13-8-11(13)10-19-16(20)22-17(2,3)4/h6-7,9,11,13H,5,8,10H2,1-4H3,(H,19,20). The van der Waals surface area contributed by atoms with Crippen molar-refractivity contribution in [2.24, 2.45) is 5.92 Å². The van der Waals surface area contributed by atoms with Crippen LogP contribution in [0.5, 0.6) is 5.75 Å². The molecule has 1 aliphatic carbocycles. The molecule has 0 bridgehead atoms. The van der Waals surface area contributed by atoms with E-state index >= 15 is 0 Å². The quantitative estimate of drug-likeness (QED) is 0.874. The lowest BCUT2D eigenvalue weighted by Crippen LogP contribution is -2.33. The van der Waals surface area contributed by atoms with Gasteiger partial charge in [-0.2, -0.15) is 0 Å². The second-order valence-electron chi connectivity index (χ2n) is 6.60.